The molecule has 1 aromatic carbocycles. The van der Waals surface area contributed by atoms with Gasteiger partial charge >= 0.3 is 0 Å². The van der Waals surface area contributed by atoms with Crippen molar-refractivity contribution in [3.8, 4) is 0 Å². The fourth-order valence-corrected chi connectivity index (χ4v) is 1.95. The largest absolute Gasteiger partial charge is 0.385 e. The van der Waals surface area contributed by atoms with Crippen LogP contribution in [-0.4, -0.2) is 18.2 Å². The normalized spacial score (nSPS) is 14.8. The number of hydrogen-bond donors (Lipinski definition) is 2. The van der Waals surface area contributed by atoms with Crippen molar-refractivity contribution in [3.05, 3.63) is 35.4 Å². The third-order valence-electron chi connectivity index (χ3n) is 2.94. The van der Waals surface area contributed by atoms with Crippen molar-refractivity contribution >= 4 is 0 Å². The van der Waals surface area contributed by atoms with Crippen molar-refractivity contribution in [2.24, 2.45) is 0 Å². The summed E-state index contributed by atoms with van der Waals surface area (Å²) in [7, 11) is 0. The second-order valence-corrected chi connectivity index (χ2v) is 4.59. The van der Waals surface area contributed by atoms with Gasteiger partial charge in [0.25, 0.3) is 0 Å². The van der Waals surface area contributed by atoms with Crippen LogP contribution in [0.3, 0.4) is 0 Å². The van der Waals surface area contributed by atoms with E-state index >= 15 is 0 Å². The van der Waals surface area contributed by atoms with Crippen molar-refractivity contribution in [2.45, 2.75) is 39.2 Å². The van der Waals surface area contributed by atoms with Gasteiger partial charge in [0.1, 0.15) is 0 Å². The Balaban J connectivity index is 2.59. The molecule has 0 aliphatic heterocycles. The van der Waals surface area contributed by atoms with Crippen molar-refractivity contribution in [1.29, 1.82) is 0 Å². The lowest BCUT2D eigenvalue weighted by molar-refractivity contribution is 0.0474. The van der Waals surface area contributed by atoms with Gasteiger partial charge in [-0.2, -0.15) is 0 Å². The van der Waals surface area contributed by atoms with E-state index in [1.165, 1.54) is 0 Å². The van der Waals surface area contributed by atoms with Gasteiger partial charge in [-0.3, -0.25) is 0 Å². The van der Waals surface area contributed by atoms with E-state index in [1.54, 1.807) is 0 Å². The first-order valence-corrected chi connectivity index (χ1v) is 6.07. The Bertz CT molecular complexity index is 320. The second-order valence-electron chi connectivity index (χ2n) is 4.59. The number of rotatable bonds is 6. The monoisotopic (exact) mass is 221 g/mol. The van der Waals surface area contributed by atoms with Crippen LogP contribution in [0.25, 0.3) is 0 Å². The van der Waals surface area contributed by atoms with Gasteiger partial charge in [0.15, 0.2) is 0 Å². The first-order chi connectivity index (χ1) is 7.58. The molecule has 0 saturated carbocycles. The maximum Gasteiger partial charge on any atom is 0.0883 e. The quantitative estimate of drug-likeness (QED) is 0.724. The minimum Gasteiger partial charge on any atom is -0.385 e. The molecule has 90 valence electrons. The van der Waals surface area contributed by atoms with E-state index in [0.717, 1.165) is 37.1 Å². The van der Waals surface area contributed by atoms with Crippen molar-refractivity contribution < 1.29 is 5.11 Å². The predicted molar refractivity (Wildman–Crippen MR) is 68.5 cm³/mol. The molecule has 0 fully saturated rings. The van der Waals surface area contributed by atoms with E-state index in [4.69, 9.17) is 0 Å². The molecule has 0 aliphatic rings. The number of nitrogens with one attached hydrogen (secondary N) is 1. The van der Waals surface area contributed by atoms with Crippen molar-refractivity contribution in [1.82, 2.24) is 5.32 Å². The van der Waals surface area contributed by atoms with Crippen LogP contribution in [0.2, 0.25) is 0 Å². The Morgan fingerprint density at radius 3 is 2.56 bits per heavy atom. The summed E-state index contributed by atoms with van der Waals surface area (Å²) in [5.41, 5.74) is 1.46. The maximum absolute atomic E-state index is 10.4. The molecule has 0 heterocycles. The van der Waals surface area contributed by atoms with Crippen molar-refractivity contribution in [3.63, 3.8) is 0 Å². The Morgan fingerprint density at radius 2 is 1.94 bits per heavy atom. The maximum atomic E-state index is 10.4. The van der Waals surface area contributed by atoms with Crippen LogP contribution < -0.4 is 5.32 Å². The van der Waals surface area contributed by atoms with E-state index in [2.05, 4.69) is 12.2 Å². The van der Waals surface area contributed by atoms with Gasteiger partial charge in [0.2, 0.25) is 0 Å². The number of hydrogen-bond acceptors (Lipinski definition) is 2. The molecule has 1 atom stereocenters. The first-order valence-electron chi connectivity index (χ1n) is 6.07. The highest BCUT2D eigenvalue weighted by atomic mass is 16.3. The average Bonchev–Trinajstić information content (AvgIpc) is 2.25. The summed E-state index contributed by atoms with van der Waals surface area (Å²) in [5, 5.41) is 13.7. The zero-order chi connectivity index (χ0) is 12.0. The second kappa shape index (κ2) is 6.02. The molecule has 0 saturated heterocycles. The van der Waals surface area contributed by atoms with Crippen LogP contribution >= 0.6 is 0 Å². The molecule has 2 heteroatoms. The molecule has 0 aromatic heterocycles. The summed E-state index contributed by atoms with van der Waals surface area (Å²) < 4.78 is 0. The lowest BCUT2D eigenvalue weighted by Crippen LogP contribution is -2.28. The summed E-state index contributed by atoms with van der Waals surface area (Å²) in [5.74, 6) is 0. The molecule has 2 nitrogen and oxygen atoms in total. The van der Waals surface area contributed by atoms with Crippen LogP contribution in [0, 0.1) is 6.92 Å². The highest BCUT2D eigenvalue weighted by Gasteiger charge is 2.23. The molecule has 2 N–H and O–H groups in total. The Morgan fingerprint density at radius 1 is 1.25 bits per heavy atom. The number of aliphatic hydroxyl groups is 1. The standard InChI is InChI=1S/C14H23NO/c1-4-10-15-11-9-14(3,16)13-8-6-5-7-12(13)2/h5-8,15-16H,4,9-11H2,1-3H3. The van der Waals surface area contributed by atoms with Gasteiger partial charge in [-0.1, -0.05) is 31.2 Å². The third-order valence-corrected chi connectivity index (χ3v) is 2.94. The van der Waals surface area contributed by atoms with Gasteiger partial charge in [-0.25, -0.2) is 0 Å². The summed E-state index contributed by atoms with van der Waals surface area (Å²) in [6.07, 6.45) is 1.88. The lowest BCUT2D eigenvalue weighted by Gasteiger charge is -2.25. The molecule has 0 spiro atoms. The Labute approximate surface area is 98.7 Å². The SMILES string of the molecule is CCCNCCC(C)(O)c1ccccc1C. The highest BCUT2D eigenvalue weighted by molar-refractivity contribution is 5.30. The highest BCUT2D eigenvalue weighted by Crippen LogP contribution is 2.26. The van der Waals surface area contributed by atoms with E-state index < -0.39 is 5.60 Å². The molecule has 0 radical (unpaired) electrons. The van der Waals surface area contributed by atoms with Gasteiger partial charge in [0.05, 0.1) is 5.60 Å². The Kier molecular flexibility index (Phi) is 4.97. The fourth-order valence-electron chi connectivity index (χ4n) is 1.95. The fraction of sp³-hybridized carbons (Fsp3) is 0.571. The molecular weight excluding hydrogens is 198 g/mol. The van der Waals surface area contributed by atoms with E-state index in [1.807, 2.05) is 38.1 Å². The Hall–Kier alpha value is -0.860. The van der Waals surface area contributed by atoms with E-state index in [9.17, 15) is 5.11 Å². The molecule has 1 rings (SSSR count). The topological polar surface area (TPSA) is 32.3 Å². The number of aryl methyl sites for hydroxylation is 1. The zero-order valence-corrected chi connectivity index (χ0v) is 10.6. The summed E-state index contributed by atoms with van der Waals surface area (Å²) >= 11 is 0. The van der Waals surface area contributed by atoms with Gasteiger partial charge in [-0.15, -0.1) is 0 Å². The minimum absolute atomic E-state index is 0.730. The molecule has 0 amide bonds. The summed E-state index contributed by atoms with van der Waals surface area (Å²) in [6.45, 7) is 7.96. The average molecular weight is 221 g/mol. The molecule has 0 bridgehead atoms. The molecule has 16 heavy (non-hydrogen) atoms. The van der Waals surface area contributed by atoms with Gasteiger partial charge in [0, 0.05) is 0 Å². The first kappa shape index (κ1) is 13.2. The molecule has 1 unspecified atom stereocenters. The van der Waals surface area contributed by atoms with Crippen LogP contribution in [0.1, 0.15) is 37.8 Å². The molecule has 0 aliphatic carbocycles. The van der Waals surface area contributed by atoms with Crippen LogP contribution in [0.15, 0.2) is 24.3 Å². The summed E-state index contributed by atoms with van der Waals surface area (Å²) in [4.78, 5) is 0. The van der Waals surface area contributed by atoms with Gasteiger partial charge in [-0.05, 0) is 50.9 Å². The third kappa shape index (κ3) is 3.62. The predicted octanol–water partition coefficient (Wildman–Crippen LogP) is 2.59. The van der Waals surface area contributed by atoms with E-state index in [-0.39, 0.29) is 0 Å². The summed E-state index contributed by atoms with van der Waals surface area (Å²) in [6, 6.07) is 8.04. The van der Waals surface area contributed by atoms with Crippen molar-refractivity contribution in [2.75, 3.05) is 13.1 Å². The number of benzene rings is 1. The van der Waals surface area contributed by atoms with Crippen LogP contribution in [-0.2, 0) is 5.60 Å². The molecular formula is C14H23NO. The lowest BCUT2D eigenvalue weighted by atomic mass is 9.89. The smallest absolute Gasteiger partial charge is 0.0883 e. The van der Waals surface area contributed by atoms with Crippen LogP contribution in [0.5, 0.6) is 0 Å². The van der Waals surface area contributed by atoms with Crippen LogP contribution in [0.4, 0.5) is 0 Å². The molecule has 1 aromatic rings. The minimum atomic E-state index is -0.730. The van der Waals surface area contributed by atoms with E-state index in [0.29, 0.717) is 0 Å². The van der Waals surface area contributed by atoms with Gasteiger partial charge < -0.3 is 10.4 Å². The zero-order valence-electron chi connectivity index (χ0n) is 10.6.